The average Bonchev–Trinajstić information content (AvgIpc) is 2.98. The van der Waals surface area contributed by atoms with Crippen molar-refractivity contribution in [2.45, 2.75) is 32.9 Å². The van der Waals surface area contributed by atoms with Crippen molar-refractivity contribution >= 4 is 5.97 Å². The monoisotopic (exact) mass is 290 g/mol. The van der Waals surface area contributed by atoms with E-state index in [0.717, 1.165) is 19.4 Å². The normalized spacial score (nSPS) is 10.4. The van der Waals surface area contributed by atoms with Gasteiger partial charge in [0.1, 0.15) is 12.4 Å². The molecule has 0 aliphatic carbocycles. The van der Waals surface area contributed by atoms with Gasteiger partial charge in [0.05, 0.1) is 12.7 Å². The number of unbranched alkanes of at least 4 members (excludes halogenated alkanes) is 1. The topological polar surface area (TPSA) is 79.1 Å². The van der Waals surface area contributed by atoms with Crippen molar-refractivity contribution in [1.29, 1.82) is 0 Å². The molecule has 7 heteroatoms. The van der Waals surface area contributed by atoms with Crippen molar-refractivity contribution in [1.82, 2.24) is 20.2 Å². The van der Waals surface area contributed by atoms with Crippen LogP contribution in [0.5, 0.6) is 5.75 Å². The number of aromatic nitrogens is 4. The fourth-order valence-electron chi connectivity index (χ4n) is 1.76. The van der Waals surface area contributed by atoms with E-state index in [1.54, 1.807) is 28.9 Å². The molecule has 1 heterocycles. The predicted octanol–water partition coefficient (Wildman–Crippen LogP) is 1.84. The van der Waals surface area contributed by atoms with E-state index >= 15 is 0 Å². The highest BCUT2D eigenvalue weighted by Crippen LogP contribution is 2.14. The van der Waals surface area contributed by atoms with Gasteiger partial charge in [-0.2, -0.15) is 0 Å². The molecule has 0 atom stereocenters. The van der Waals surface area contributed by atoms with Crippen LogP contribution in [0.2, 0.25) is 0 Å². The van der Waals surface area contributed by atoms with Crippen LogP contribution in [0.1, 0.15) is 35.9 Å². The molecule has 2 aromatic rings. The minimum absolute atomic E-state index is 0.286. The third kappa shape index (κ3) is 4.01. The van der Waals surface area contributed by atoms with Crippen molar-refractivity contribution < 1.29 is 14.3 Å². The van der Waals surface area contributed by atoms with Gasteiger partial charge in [0, 0.05) is 6.54 Å². The molecule has 0 radical (unpaired) electrons. The summed E-state index contributed by atoms with van der Waals surface area (Å²) in [6.07, 6.45) is 2.10. The zero-order valence-electron chi connectivity index (χ0n) is 12.2. The highest BCUT2D eigenvalue weighted by Gasteiger charge is 2.08. The lowest BCUT2D eigenvalue weighted by molar-refractivity contribution is 0.0600. The van der Waals surface area contributed by atoms with E-state index in [0.29, 0.717) is 17.1 Å². The standard InChI is InChI=1S/C14H18N4O3/c1-3-4-9-18-13(15-16-17-18)10-21-12-7-5-11(6-8-12)14(19)20-2/h5-8H,3-4,9-10H2,1-2H3. The van der Waals surface area contributed by atoms with Crippen LogP contribution in [0.3, 0.4) is 0 Å². The summed E-state index contributed by atoms with van der Waals surface area (Å²) in [5.74, 6) is 0.957. The number of tetrazole rings is 1. The van der Waals surface area contributed by atoms with Gasteiger partial charge < -0.3 is 9.47 Å². The highest BCUT2D eigenvalue weighted by molar-refractivity contribution is 5.89. The van der Waals surface area contributed by atoms with Crippen molar-refractivity contribution in [3.05, 3.63) is 35.7 Å². The summed E-state index contributed by atoms with van der Waals surface area (Å²) >= 11 is 0. The predicted molar refractivity (Wildman–Crippen MR) is 74.8 cm³/mol. The molecule has 0 aliphatic heterocycles. The Morgan fingerprint density at radius 3 is 2.71 bits per heavy atom. The van der Waals surface area contributed by atoms with Crippen molar-refractivity contribution in [2.75, 3.05) is 7.11 Å². The molecule has 0 N–H and O–H groups in total. The lowest BCUT2D eigenvalue weighted by Gasteiger charge is -2.07. The van der Waals surface area contributed by atoms with Crippen molar-refractivity contribution in [3.63, 3.8) is 0 Å². The number of carbonyl (C=O) groups is 1. The van der Waals surface area contributed by atoms with Gasteiger partial charge in [-0.05, 0) is 41.1 Å². The largest absolute Gasteiger partial charge is 0.486 e. The molecule has 0 spiro atoms. The van der Waals surface area contributed by atoms with Crippen LogP contribution in [0, 0.1) is 0 Å². The van der Waals surface area contributed by atoms with Gasteiger partial charge in [0.2, 0.25) is 0 Å². The zero-order valence-corrected chi connectivity index (χ0v) is 12.2. The van der Waals surface area contributed by atoms with Crippen LogP contribution in [0.15, 0.2) is 24.3 Å². The molecule has 0 unspecified atom stereocenters. The molecule has 21 heavy (non-hydrogen) atoms. The van der Waals surface area contributed by atoms with Gasteiger partial charge in [-0.3, -0.25) is 0 Å². The lowest BCUT2D eigenvalue weighted by atomic mass is 10.2. The molecule has 7 nitrogen and oxygen atoms in total. The molecule has 0 bridgehead atoms. The van der Waals surface area contributed by atoms with E-state index in [4.69, 9.17) is 4.74 Å². The zero-order chi connectivity index (χ0) is 15.1. The summed E-state index contributed by atoms with van der Waals surface area (Å²) in [5.41, 5.74) is 0.484. The van der Waals surface area contributed by atoms with Crippen LogP contribution in [-0.2, 0) is 17.9 Å². The third-order valence-corrected chi connectivity index (χ3v) is 2.97. The number of hydrogen-bond acceptors (Lipinski definition) is 6. The number of ether oxygens (including phenoxy) is 2. The number of methoxy groups -OCH3 is 1. The van der Waals surface area contributed by atoms with Gasteiger partial charge in [0.15, 0.2) is 5.82 Å². The smallest absolute Gasteiger partial charge is 0.337 e. The van der Waals surface area contributed by atoms with Gasteiger partial charge in [-0.1, -0.05) is 13.3 Å². The summed E-state index contributed by atoms with van der Waals surface area (Å²) in [5, 5.41) is 11.5. The molecule has 0 saturated carbocycles. The maximum atomic E-state index is 11.3. The van der Waals surface area contributed by atoms with Crippen LogP contribution < -0.4 is 4.74 Å². The minimum Gasteiger partial charge on any atom is -0.486 e. The first-order chi connectivity index (χ1) is 10.2. The molecule has 0 amide bonds. The average molecular weight is 290 g/mol. The molecule has 112 valence electrons. The lowest BCUT2D eigenvalue weighted by Crippen LogP contribution is -2.09. The van der Waals surface area contributed by atoms with E-state index in [-0.39, 0.29) is 12.6 Å². The first kappa shape index (κ1) is 15.0. The fraction of sp³-hybridized carbons (Fsp3) is 0.429. The Balaban J connectivity index is 1.94. The Morgan fingerprint density at radius 2 is 2.05 bits per heavy atom. The number of benzene rings is 1. The van der Waals surface area contributed by atoms with Gasteiger partial charge in [-0.25, -0.2) is 9.48 Å². The van der Waals surface area contributed by atoms with Crippen LogP contribution in [0.4, 0.5) is 0 Å². The fourth-order valence-corrected chi connectivity index (χ4v) is 1.76. The van der Waals surface area contributed by atoms with Crippen LogP contribution >= 0.6 is 0 Å². The summed E-state index contributed by atoms with van der Waals surface area (Å²) in [4.78, 5) is 11.3. The summed E-state index contributed by atoms with van der Waals surface area (Å²) < 4.78 is 12.0. The number of aryl methyl sites for hydroxylation is 1. The maximum absolute atomic E-state index is 11.3. The Hall–Kier alpha value is -2.44. The SMILES string of the molecule is CCCCn1nnnc1COc1ccc(C(=O)OC)cc1. The van der Waals surface area contributed by atoms with Gasteiger partial charge in [0.25, 0.3) is 0 Å². The maximum Gasteiger partial charge on any atom is 0.337 e. The van der Waals surface area contributed by atoms with E-state index in [1.165, 1.54) is 7.11 Å². The number of nitrogens with zero attached hydrogens (tertiary/aromatic N) is 4. The number of carbonyl (C=O) groups excluding carboxylic acids is 1. The van der Waals surface area contributed by atoms with E-state index in [2.05, 4.69) is 27.2 Å². The molecule has 0 aliphatic rings. The third-order valence-electron chi connectivity index (χ3n) is 2.97. The minimum atomic E-state index is -0.370. The Kier molecular flexibility index (Phi) is 5.25. The number of rotatable bonds is 7. The first-order valence-electron chi connectivity index (χ1n) is 6.80. The summed E-state index contributed by atoms with van der Waals surface area (Å²) in [6, 6.07) is 6.74. The van der Waals surface area contributed by atoms with Crippen molar-refractivity contribution in [3.8, 4) is 5.75 Å². The van der Waals surface area contributed by atoms with Gasteiger partial charge in [-0.15, -0.1) is 5.10 Å². The molecular formula is C14H18N4O3. The molecular weight excluding hydrogens is 272 g/mol. The van der Waals surface area contributed by atoms with E-state index < -0.39 is 0 Å². The van der Waals surface area contributed by atoms with E-state index in [1.807, 2.05) is 0 Å². The van der Waals surface area contributed by atoms with Crippen LogP contribution in [-0.4, -0.2) is 33.3 Å². The van der Waals surface area contributed by atoms with Crippen molar-refractivity contribution in [2.24, 2.45) is 0 Å². The molecule has 1 aromatic carbocycles. The molecule has 1 aromatic heterocycles. The molecule has 0 saturated heterocycles. The van der Waals surface area contributed by atoms with E-state index in [9.17, 15) is 4.79 Å². The van der Waals surface area contributed by atoms with Gasteiger partial charge >= 0.3 is 5.97 Å². The second-order valence-electron chi connectivity index (χ2n) is 4.48. The quantitative estimate of drug-likeness (QED) is 0.724. The highest BCUT2D eigenvalue weighted by atomic mass is 16.5. The second-order valence-corrected chi connectivity index (χ2v) is 4.48. The molecule has 2 rings (SSSR count). The Labute approximate surface area is 122 Å². The summed E-state index contributed by atoms with van der Waals surface area (Å²) in [6.45, 7) is 3.18. The number of esters is 1. The number of hydrogen-bond donors (Lipinski definition) is 0. The first-order valence-corrected chi connectivity index (χ1v) is 6.80. The second kappa shape index (κ2) is 7.37. The summed E-state index contributed by atoms with van der Waals surface area (Å²) in [7, 11) is 1.35. The van der Waals surface area contributed by atoms with Crippen LogP contribution in [0.25, 0.3) is 0 Å². The Morgan fingerprint density at radius 1 is 1.29 bits per heavy atom. The Bertz CT molecular complexity index is 580. The molecule has 0 fully saturated rings.